The molecule has 0 saturated carbocycles. The number of halogens is 1. The second kappa shape index (κ2) is 4.26. The second-order valence-electron chi connectivity index (χ2n) is 2.18. The van der Waals surface area contributed by atoms with Crippen molar-refractivity contribution in [3.8, 4) is 5.75 Å². The van der Waals surface area contributed by atoms with Crippen LogP contribution in [0.25, 0.3) is 0 Å². The van der Waals surface area contributed by atoms with Crippen LogP contribution < -0.4 is 4.74 Å². The van der Waals surface area contributed by atoms with Crippen molar-refractivity contribution >= 4 is 21.9 Å². The number of carbonyl (C=O) groups excluding carboxylic acids is 1. The predicted molar refractivity (Wildman–Crippen MR) is 49.8 cm³/mol. The summed E-state index contributed by atoms with van der Waals surface area (Å²) in [5, 5.41) is 0. The maximum Gasteiger partial charge on any atom is 0.311 e. The van der Waals surface area contributed by atoms with E-state index < -0.39 is 0 Å². The Bertz CT molecular complexity index is 266. The predicted octanol–water partition coefficient (Wildman–Crippen LogP) is 2.58. The standard InChI is InChI=1S/C9H8BrO2/c1-2-9(11)12-8-5-3-7(10)4-6-8/h3-6H,1-2H2. The fourth-order valence-corrected chi connectivity index (χ4v) is 0.949. The average Bonchev–Trinajstić information content (AvgIpc) is 2.09. The molecule has 0 saturated heterocycles. The van der Waals surface area contributed by atoms with Gasteiger partial charge in [-0.15, -0.1) is 0 Å². The number of ether oxygens (including phenoxy) is 1. The molecule has 0 bridgehead atoms. The molecule has 63 valence electrons. The van der Waals surface area contributed by atoms with Gasteiger partial charge < -0.3 is 4.74 Å². The molecule has 0 aromatic heterocycles. The van der Waals surface area contributed by atoms with E-state index >= 15 is 0 Å². The summed E-state index contributed by atoms with van der Waals surface area (Å²) in [4.78, 5) is 10.8. The SMILES string of the molecule is [CH2]CC(=O)Oc1ccc(Br)cc1. The summed E-state index contributed by atoms with van der Waals surface area (Å²) >= 11 is 3.28. The van der Waals surface area contributed by atoms with Gasteiger partial charge in [-0.05, 0) is 31.2 Å². The van der Waals surface area contributed by atoms with Crippen LogP contribution in [-0.4, -0.2) is 5.97 Å². The lowest BCUT2D eigenvalue weighted by molar-refractivity contribution is -0.133. The summed E-state index contributed by atoms with van der Waals surface area (Å²) in [7, 11) is 0. The van der Waals surface area contributed by atoms with Crippen LogP contribution in [0, 0.1) is 6.92 Å². The number of benzene rings is 1. The normalized spacial score (nSPS) is 9.50. The fraction of sp³-hybridized carbons (Fsp3) is 0.111. The van der Waals surface area contributed by atoms with Gasteiger partial charge in [0.05, 0.1) is 0 Å². The third-order valence-corrected chi connectivity index (χ3v) is 1.78. The van der Waals surface area contributed by atoms with Crippen molar-refractivity contribution in [1.29, 1.82) is 0 Å². The molecule has 2 nitrogen and oxygen atoms in total. The van der Waals surface area contributed by atoms with Crippen molar-refractivity contribution in [2.45, 2.75) is 6.42 Å². The van der Waals surface area contributed by atoms with E-state index in [1.807, 2.05) is 12.1 Å². The molecule has 1 radical (unpaired) electrons. The molecule has 0 amide bonds. The summed E-state index contributed by atoms with van der Waals surface area (Å²) in [6.07, 6.45) is 0.149. The highest BCUT2D eigenvalue weighted by Crippen LogP contribution is 2.16. The minimum absolute atomic E-state index is 0.149. The van der Waals surface area contributed by atoms with Crippen LogP contribution in [-0.2, 0) is 4.79 Å². The highest BCUT2D eigenvalue weighted by Gasteiger charge is 1.99. The molecule has 0 aliphatic heterocycles. The van der Waals surface area contributed by atoms with E-state index in [1.54, 1.807) is 12.1 Å². The van der Waals surface area contributed by atoms with Crippen LogP contribution in [0.5, 0.6) is 5.75 Å². The molecule has 1 aromatic carbocycles. The van der Waals surface area contributed by atoms with Gasteiger partial charge in [0.25, 0.3) is 0 Å². The first-order chi connectivity index (χ1) is 5.72. The van der Waals surface area contributed by atoms with Gasteiger partial charge in [0.15, 0.2) is 0 Å². The first-order valence-corrected chi connectivity index (χ1v) is 4.27. The van der Waals surface area contributed by atoms with Crippen LogP contribution in [0.4, 0.5) is 0 Å². The molecule has 1 aromatic rings. The van der Waals surface area contributed by atoms with Crippen LogP contribution in [0.1, 0.15) is 6.42 Å². The van der Waals surface area contributed by atoms with Crippen molar-refractivity contribution in [2.75, 3.05) is 0 Å². The Hall–Kier alpha value is -0.830. The Kier molecular flexibility index (Phi) is 3.29. The van der Waals surface area contributed by atoms with E-state index in [0.717, 1.165) is 4.47 Å². The molecular weight excluding hydrogens is 220 g/mol. The number of hydrogen-bond acceptors (Lipinski definition) is 2. The van der Waals surface area contributed by atoms with E-state index in [4.69, 9.17) is 4.74 Å². The Labute approximate surface area is 79.7 Å². The van der Waals surface area contributed by atoms with Crippen molar-refractivity contribution < 1.29 is 9.53 Å². The largest absolute Gasteiger partial charge is 0.427 e. The molecule has 0 fully saturated rings. The van der Waals surface area contributed by atoms with Gasteiger partial charge in [-0.2, -0.15) is 0 Å². The Morgan fingerprint density at radius 1 is 1.42 bits per heavy atom. The minimum Gasteiger partial charge on any atom is -0.427 e. The Morgan fingerprint density at radius 3 is 2.50 bits per heavy atom. The lowest BCUT2D eigenvalue weighted by Gasteiger charge is -2.01. The lowest BCUT2D eigenvalue weighted by Crippen LogP contribution is -2.05. The zero-order chi connectivity index (χ0) is 8.97. The highest BCUT2D eigenvalue weighted by atomic mass is 79.9. The van der Waals surface area contributed by atoms with Gasteiger partial charge in [-0.1, -0.05) is 15.9 Å². The zero-order valence-electron chi connectivity index (χ0n) is 6.42. The molecule has 0 atom stereocenters. The summed E-state index contributed by atoms with van der Waals surface area (Å²) in [6, 6.07) is 7.06. The summed E-state index contributed by atoms with van der Waals surface area (Å²) in [5.74, 6) is 0.226. The molecule has 0 aliphatic rings. The van der Waals surface area contributed by atoms with Crippen molar-refractivity contribution in [1.82, 2.24) is 0 Å². The number of carbonyl (C=O) groups is 1. The maximum atomic E-state index is 10.8. The Balaban J connectivity index is 2.64. The monoisotopic (exact) mass is 227 g/mol. The van der Waals surface area contributed by atoms with Crippen LogP contribution in [0.2, 0.25) is 0 Å². The third-order valence-electron chi connectivity index (χ3n) is 1.25. The molecular formula is C9H8BrO2. The quantitative estimate of drug-likeness (QED) is 0.574. The van der Waals surface area contributed by atoms with E-state index in [-0.39, 0.29) is 12.4 Å². The third kappa shape index (κ3) is 2.66. The van der Waals surface area contributed by atoms with Crippen molar-refractivity contribution in [3.05, 3.63) is 35.7 Å². The van der Waals surface area contributed by atoms with Gasteiger partial charge >= 0.3 is 5.97 Å². The topological polar surface area (TPSA) is 26.3 Å². The van der Waals surface area contributed by atoms with Gasteiger partial charge in [0, 0.05) is 10.9 Å². The van der Waals surface area contributed by atoms with E-state index in [9.17, 15) is 4.79 Å². The first kappa shape index (κ1) is 9.26. The molecule has 1 rings (SSSR count). The van der Waals surface area contributed by atoms with Gasteiger partial charge in [-0.25, -0.2) is 0 Å². The smallest absolute Gasteiger partial charge is 0.311 e. The van der Waals surface area contributed by atoms with E-state index in [2.05, 4.69) is 22.9 Å². The summed E-state index contributed by atoms with van der Waals surface area (Å²) < 4.78 is 5.85. The maximum absolute atomic E-state index is 10.8. The number of esters is 1. The average molecular weight is 228 g/mol. The van der Waals surface area contributed by atoms with Crippen LogP contribution in [0.15, 0.2) is 28.7 Å². The molecule has 0 heterocycles. The lowest BCUT2D eigenvalue weighted by atomic mass is 10.3. The minimum atomic E-state index is -0.322. The second-order valence-corrected chi connectivity index (χ2v) is 3.09. The molecule has 0 spiro atoms. The van der Waals surface area contributed by atoms with Crippen LogP contribution in [0.3, 0.4) is 0 Å². The Morgan fingerprint density at radius 2 is 2.00 bits per heavy atom. The summed E-state index contributed by atoms with van der Waals surface area (Å²) in [6.45, 7) is 3.42. The first-order valence-electron chi connectivity index (χ1n) is 3.48. The zero-order valence-corrected chi connectivity index (χ0v) is 8.00. The molecule has 0 unspecified atom stereocenters. The van der Waals surface area contributed by atoms with Crippen molar-refractivity contribution in [3.63, 3.8) is 0 Å². The van der Waals surface area contributed by atoms with E-state index in [0.29, 0.717) is 5.75 Å². The van der Waals surface area contributed by atoms with Gasteiger partial charge in [0.2, 0.25) is 0 Å². The fourth-order valence-electron chi connectivity index (χ4n) is 0.685. The van der Waals surface area contributed by atoms with Crippen molar-refractivity contribution in [2.24, 2.45) is 0 Å². The van der Waals surface area contributed by atoms with E-state index in [1.165, 1.54) is 0 Å². The number of rotatable bonds is 2. The molecule has 0 N–H and O–H groups in total. The van der Waals surface area contributed by atoms with Gasteiger partial charge in [-0.3, -0.25) is 4.79 Å². The highest BCUT2D eigenvalue weighted by molar-refractivity contribution is 9.10. The van der Waals surface area contributed by atoms with Crippen LogP contribution >= 0.6 is 15.9 Å². The number of hydrogen-bond donors (Lipinski definition) is 0. The molecule has 0 aliphatic carbocycles. The van der Waals surface area contributed by atoms with Gasteiger partial charge in [0.1, 0.15) is 5.75 Å². The molecule has 12 heavy (non-hydrogen) atoms. The molecule has 3 heteroatoms. The summed E-state index contributed by atoms with van der Waals surface area (Å²) in [5.41, 5.74) is 0.